The van der Waals surface area contributed by atoms with Crippen LogP contribution in [0.3, 0.4) is 0 Å². The lowest BCUT2D eigenvalue weighted by molar-refractivity contribution is -0.384. The Hall–Kier alpha value is -11.6. The van der Waals surface area contributed by atoms with Gasteiger partial charge in [0, 0.05) is 93.3 Å². The zero-order valence-electron chi connectivity index (χ0n) is 64.1. The minimum Gasteiger partial charge on any atom is -0.508 e. The van der Waals surface area contributed by atoms with Gasteiger partial charge in [0.1, 0.15) is 22.4 Å². The fraction of sp³-hybridized carbons (Fsp3) is 0.444. The highest BCUT2D eigenvalue weighted by Crippen LogP contribution is 2.38. The summed E-state index contributed by atoms with van der Waals surface area (Å²) in [6.07, 6.45) is 22.2. The fourth-order valence-electron chi connectivity index (χ4n) is 10.6. The largest absolute Gasteiger partial charge is 0.508 e. The van der Waals surface area contributed by atoms with Crippen LogP contribution in [0.1, 0.15) is 232 Å². The van der Waals surface area contributed by atoms with Crippen LogP contribution in [0.5, 0.6) is 34.5 Å². The van der Waals surface area contributed by atoms with Crippen LogP contribution in [-0.2, 0) is 35.2 Å². The van der Waals surface area contributed by atoms with E-state index in [2.05, 4.69) is 31.6 Å². The Kier molecular flexibility index (Phi) is 49.6. The molecule has 0 saturated carbocycles. The van der Waals surface area contributed by atoms with Gasteiger partial charge in [0.2, 0.25) is 11.7 Å². The van der Waals surface area contributed by atoms with E-state index in [1.807, 2.05) is 19.1 Å². The first-order valence-corrected chi connectivity index (χ1v) is 37.6. The lowest BCUT2D eigenvalue weighted by Gasteiger charge is -2.14. The van der Waals surface area contributed by atoms with E-state index in [1.165, 1.54) is 45.7 Å². The molecule has 0 bridgehead atoms. The molecule has 13 N–H and O–H groups in total. The van der Waals surface area contributed by atoms with Gasteiger partial charge in [0.15, 0.2) is 11.5 Å². The zero-order valence-corrected chi connectivity index (χ0v) is 64.8. The van der Waals surface area contributed by atoms with E-state index in [0.29, 0.717) is 110 Å². The third kappa shape index (κ3) is 44.2. The summed E-state index contributed by atoms with van der Waals surface area (Å²) in [5.74, 6) is -3.93. The minimum absolute atomic E-state index is 0.00108. The number of anilines is 2. The summed E-state index contributed by atoms with van der Waals surface area (Å²) in [6, 6.07) is 28.4. The molecule has 0 aliphatic carbocycles. The van der Waals surface area contributed by atoms with Gasteiger partial charge < -0.3 is 81.6 Å². The molecule has 30 nitrogen and oxygen atoms in total. The quantitative estimate of drug-likeness (QED) is 0.00555. The summed E-state index contributed by atoms with van der Waals surface area (Å²) >= 11 is 5.87. The predicted molar refractivity (Wildman–Crippen MR) is 422 cm³/mol. The number of pyridine rings is 1. The third-order valence-corrected chi connectivity index (χ3v) is 16.9. The number of ether oxygens (including phenoxy) is 3. The van der Waals surface area contributed by atoms with Crippen LogP contribution >= 0.6 is 11.6 Å². The van der Waals surface area contributed by atoms with Crippen molar-refractivity contribution in [3.8, 4) is 34.5 Å². The standard InChI is InChI=1S/C18H27NO6.C16H15ClN2O3.C16H22N2O6.C16H23NO4.C15H21NO4/c1-23-14-11-13(12-15(24-2)17(14)25-3)18(22)19-10-8-6-4-5-7-9-16(20)21;17-15-13(4-2-10-18-15)16(22)19-12-8-6-11(7-9-12)3-1-5-14(20)21;19-14-10-9-12(18(23)24)11-13(14)17-15(20)7-5-3-1-2-4-6-8-16(21)22;1-12-8-9-13(14(18)11-12)16(21)17-10-6-4-2-3-5-7-15(19)20;17-13-8-6-7-12(11-13)15(20)16-10-5-3-1-2-4-9-14(18)19/h11-12H,4-10H2,1-3H3,(H,19,22)(H,20,21);2,4,6-10H,1,3,5H2,(H,19,22)(H,20,21);9-11,19H,1-8H2,(H,17,20)(H,21,22);8-9,11,18H,2-7,10H2,1H3,(H,17,21)(H,19,20);6-8,11,17H,1-5,9-10H2,(H,16,20)(H,18,19). The molecule has 0 aliphatic heterocycles. The van der Waals surface area contributed by atoms with Gasteiger partial charge in [-0.15, -0.1) is 0 Å². The third-order valence-electron chi connectivity index (χ3n) is 16.6. The number of aliphatic carboxylic acids is 5. The van der Waals surface area contributed by atoms with Gasteiger partial charge in [-0.1, -0.05) is 119 Å². The summed E-state index contributed by atoms with van der Waals surface area (Å²) < 4.78 is 15.7. The van der Waals surface area contributed by atoms with Gasteiger partial charge in [0.25, 0.3) is 29.3 Å². The first-order chi connectivity index (χ1) is 53.6. The number of rotatable bonds is 47. The second-order valence-electron chi connectivity index (χ2n) is 25.7. The van der Waals surface area contributed by atoms with Crippen LogP contribution in [0.25, 0.3) is 0 Å². The molecule has 0 radical (unpaired) electrons. The molecule has 0 saturated heterocycles. The van der Waals surface area contributed by atoms with Crippen molar-refractivity contribution >= 4 is 88.0 Å². The molecule has 0 aliphatic rings. The molecule has 0 unspecified atom stereocenters. The lowest BCUT2D eigenvalue weighted by Crippen LogP contribution is -2.24. The average Bonchev–Trinajstić information content (AvgIpc) is 0.834. The minimum atomic E-state index is -0.794. The molecule has 0 atom stereocenters. The number of aryl methyl sites for hydroxylation is 2. The normalized spacial score (nSPS) is 10.3. The topological polar surface area (TPSA) is 476 Å². The Morgan fingerprint density at radius 3 is 1.34 bits per heavy atom. The van der Waals surface area contributed by atoms with Crippen LogP contribution in [0.4, 0.5) is 17.1 Å². The first-order valence-electron chi connectivity index (χ1n) is 37.2. The van der Waals surface area contributed by atoms with Crippen molar-refractivity contribution in [2.75, 3.05) is 51.6 Å². The first kappa shape index (κ1) is 96.5. The van der Waals surface area contributed by atoms with Gasteiger partial charge >= 0.3 is 29.8 Å². The molecular weight excluding hydrogens is 1470 g/mol. The number of carbonyl (C=O) groups is 10. The molecule has 31 heteroatoms. The maximum Gasteiger partial charge on any atom is 0.303 e. The second kappa shape index (κ2) is 57.5. The lowest BCUT2D eigenvalue weighted by atomic mass is 10.1. The number of hydrogen-bond acceptors (Lipinski definition) is 19. The number of nitrogens with one attached hydrogen (secondary N) is 5. The van der Waals surface area contributed by atoms with E-state index in [0.717, 1.165) is 126 Å². The molecule has 112 heavy (non-hydrogen) atoms. The van der Waals surface area contributed by atoms with E-state index in [1.54, 1.807) is 66.7 Å². The number of non-ortho nitro benzene ring substituents is 1. The fourth-order valence-corrected chi connectivity index (χ4v) is 10.8. The maximum absolute atomic E-state index is 12.3. The molecule has 6 rings (SSSR count). The van der Waals surface area contributed by atoms with E-state index >= 15 is 0 Å². The highest BCUT2D eigenvalue weighted by molar-refractivity contribution is 6.33. The summed E-state index contributed by atoms with van der Waals surface area (Å²) in [5.41, 5.74) is 3.91. The highest BCUT2D eigenvalue weighted by Gasteiger charge is 2.19. The Morgan fingerprint density at radius 1 is 0.438 bits per heavy atom. The number of benzene rings is 5. The summed E-state index contributed by atoms with van der Waals surface area (Å²) in [5, 5.41) is 95.7. The number of hydrogen-bond donors (Lipinski definition) is 13. The number of aromatic hydroxyl groups is 3. The van der Waals surface area contributed by atoms with Crippen LogP contribution in [-0.4, -0.2) is 151 Å². The van der Waals surface area contributed by atoms with E-state index in [-0.39, 0.29) is 102 Å². The number of nitro benzene ring substituents is 1. The van der Waals surface area contributed by atoms with E-state index in [4.69, 9.17) is 51.3 Å². The summed E-state index contributed by atoms with van der Waals surface area (Å²) in [7, 11) is 4.52. The number of amides is 5. The van der Waals surface area contributed by atoms with Gasteiger partial charge in [-0.25, -0.2) is 4.98 Å². The number of carboxylic acid groups (broad SMARTS) is 5. The number of unbranched alkanes of at least 4 members (excludes halogenated alkanes) is 17. The second-order valence-corrected chi connectivity index (χ2v) is 26.1. The van der Waals surface area contributed by atoms with Gasteiger partial charge in [0.05, 0.1) is 43.1 Å². The van der Waals surface area contributed by atoms with Crippen LogP contribution < -0.4 is 40.8 Å². The number of methoxy groups -OCH3 is 3. The van der Waals surface area contributed by atoms with Gasteiger partial charge in [-0.2, -0.15) is 0 Å². The number of nitro groups is 1. The molecule has 612 valence electrons. The molecule has 6 aromatic rings. The highest BCUT2D eigenvalue weighted by atomic mass is 35.5. The number of phenols is 3. The summed E-state index contributed by atoms with van der Waals surface area (Å²) in [4.78, 5) is 125. The van der Waals surface area contributed by atoms with E-state index in [9.17, 15) is 73.4 Å². The molecule has 0 fully saturated rings. The van der Waals surface area contributed by atoms with Gasteiger partial charge in [-0.3, -0.25) is 58.1 Å². The molecule has 1 heterocycles. The Labute approximate surface area is 657 Å². The number of phenolic OH excluding ortho intramolecular Hbond substituents is 3. The number of aromatic nitrogens is 1. The zero-order chi connectivity index (χ0) is 83.0. The monoisotopic (exact) mass is 1580 g/mol. The van der Waals surface area contributed by atoms with Crippen molar-refractivity contribution in [3.63, 3.8) is 0 Å². The van der Waals surface area contributed by atoms with Crippen molar-refractivity contribution < 1.29 is 108 Å². The maximum atomic E-state index is 12.3. The van der Waals surface area contributed by atoms with Crippen LogP contribution in [0, 0.1) is 17.0 Å². The Bertz CT molecular complexity index is 3890. The Balaban J connectivity index is 0.000000476. The van der Waals surface area contributed by atoms with Crippen LogP contribution in [0.2, 0.25) is 5.15 Å². The smallest absolute Gasteiger partial charge is 0.303 e. The van der Waals surface area contributed by atoms with Crippen molar-refractivity contribution in [2.24, 2.45) is 0 Å². The average molecular weight is 1580 g/mol. The predicted octanol–water partition coefficient (Wildman–Crippen LogP) is 15.1. The van der Waals surface area contributed by atoms with Crippen molar-refractivity contribution in [2.45, 2.75) is 193 Å². The molecule has 5 amide bonds. The SMILES string of the molecule is COc1cc(C(=O)NCCCCCCCC(=O)O)cc(OC)c1OC.Cc1ccc(C(=O)NCCCCCCCC(=O)O)c(O)c1.O=C(O)CCCCCCCCC(=O)Nc1cc([N+](=O)[O-])ccc1O.O=C(O)CCCCCCCNC(=O)c1cccc(O)c1.O=C(O)CCCc1ccc(NC(=O)c2cccnc2Cl)cc1. The molecule has 5 aromatic carbocycles. The summed E-state index contributed by atoms with van der Waals surface area (Å²) in [6.45, 7) is 3.57. The van der Waals surface area contributed by atoms with Crippen molar-refractivity contribution in [3.05, 3.63) is 164 Å². The van der Waals surface area contributed by atoms with Gasteiger partial charge in [-0.05, 0) is 155 Å². The number of nitrogens with zero attached hydrogens (tertiary/aromatic N) is 2. The number of carboxylic acids is 5. The molecular formula is C81H108ClN7O23. The number of carbonyl (C=O) groups excluding carboxylic acids is 5. The van der Waals surface area contributed by atoms with Crippen molar-refractivity contribution in [1.82, 2.24) is 20.9 Å². The van der Waals surface area contributed by atoms with Crippen molar-refractivity contribution in [1.29, 1.82) is 0 Å². The molecule has 0 spiro atoms. The number of halogens is 1. The van der Waals surface area contributed by atoms with E-state index < -0.39 is 34.8 Å². The Morgan fingerprint density at radius 2 is 0.893 bits per heavy atom. The molecule has 1 aromatic heterocycles. The van der Waals surface area contributed by atoms with Crippen LogP contribution in [0.15, 0.2) is 115 Å².